The van der Waals surface area contributed by atoms with E-state index in [0.29, 0.717) is 17.6 Å². The first kappa shape index (κ1) is 20.3. The molecule has 150 valence electrons. The molecule has 1 aliphatic rings. The number of piperidine rings is 1. The third kappa shape index (κ3) is 5.52. The van der Waals surface area contributed by atoms with Crippen LogP contribution in [-0.4, -0.2) is 43.7 Å². The van der Waals surface area contributed by atoms with Gasteiger partial charge in [-0.1, -0.05) is 23.7 Å². The van der Waals surface area contributed by atoms with Gasteiger partial charge in [-0.3, -0.25) is 0 Å². The van der Waals surface area contributed by atoms with Gasteiger partial charge in [-0.15, -0.1) is 0 Å². The van der Waals surface area contributed by atoms with Gasteiger partial charge in [0.1, 0.15) is 11.6 Å². The van der Waals surface area contributed by atoms with Crippen molar-refractivity contribution in [2.75, 3.05) is 31.6 Å². The van der Waals surface area contributed by atoms with E-state index in [1.165, 1.54) is 0 Å². The maximum atomic E-state index is 6.04. The number of rotatable bonds is 6. The number of hydrogen-bond donors (Lipinski definition) is 2. The average Bonchev–Trinajstić information content (AvgIpc) is 2.74. The monoisotopic (exact) mass is 401 g/mol. The molecule has 2 aromatic rings. The number of halogens is 1. The lowest BCUT2D eigenvalue weighted by Crippen LogP contribution is -2.48. The molecule has 0 atom stereocenters. The lowest BCUT2D eigenvalue weighted by atomic mass is 10.1. The van der Waals surface area contributed by atoms with Gasteiger partial charge < -0.3 is 20.3 Å². The van der Waals surface area contributed by atoms with E-state index < -0.39 is 0 Å². The first-order chi connectivity index (χ1) is 13.7. The van der Waals surface area contributed by atoms with Gasteiger partial charge in [-0.25, -0.2) is 9.98 Å². The molecule has 7 heteroatoms. The van der Waals surface area contributed by atoms with Crippen LogP contribution in [0.25, 0.3) is 0 Å². The van der Waals surface area contributed by atoms with Crippen molar-refractivity contribution < 1.29 is 4.74 Å². The molecule has 1 aromatic carbocycles. The maximum Gasteiger partial charge on any atom is 0.191 e. The lowest BCUT2D eigenvalue weighted by Gasteiger charge is -2.33. The molecule has 1 aromatic heterocycles. The maximum absolute atomic E-state index is 6.04. The number of methoxy groups -OCH3 is 1. The molecular formula is C21H28ClN5O. The number of aliphatic imine (C=N–C) groups is 1. The third-order valence-corrected chi connectivity index (χ3v) is 5.05. The molecule has 2 heterocycles. The van der Waals surface area contributed by atoms with Crippen molar-refractivity contribution in [2.45, 2.75) is 32.4 Å². The Morgan fingerprint density at radius 3 is 2.79 bits per heavy atom. The molecule has 0 saturated carbocycles. The summed E-state index contributed by atoms with van der Waals surface area (Å²) in [7, 11) is 1.65. The van der Waals surface area contributed by atoms with Crippen molar-refractivity contribution in [1.29, 1.82) is 0 Å². The highest BCUT2D eigenvalue weighted by Crippen LogP contribution is 2.23. The van der Waals surface area contributed by atoms with Crippen molar-refractivity contribution >= 4 is 23.4 Å². The second kappa shape index (κ2) is 10.2. The topological polar surface area (TPSA) is 61.8 Å². The highest BCUT2D eigenvalue weighted by Gasteiger charge is 2.20. The number of guanidine groups is 1. The Morgan fingerprint density at radius 2 is 2.11 bits per heavy atom. The van der Waals surface area contributed by atoms with Crippen LogP contribution in [0.1, 0.15) is 25.3 Å². The summed E-state index contributed by atoms with van der Waals surface area (Å²) < 4.78 is 5.42. The van der Waals surface area contributed by atoms with Gasteiger partial charge in [0.05, 0.1) is 13.7 Å². The van der Waals surface area contributed by atoms with Crippen molar-refractivity contribution in [3.8, 4) is 5.75 Å². The van der Waals surface area contributed by atoms with E-state index in [1.807, 2.05) is 36.5 Å². The lowest BCUT2D eigenvalue weighted by molar-refractivity contribution is 0.410. The SMILES string of the molecule is CCNC(=NCc1ccc(Cl)cc1OC)NC1CCN(c2ccccn2)CC1. The molecule has 2 N–H and O–H groups in total. The van der Waals surface area contributed by atoms with Gasteiger partial charge in [0.2, 0.25) is 0 Å². The van der Waals surface area contributed by atoms with E-state index in [0.717, 1.165) is 55.6 Å². The average molecular weight is 402 g/mol. The van der Waals surface area contributed by atoms with Crippen LogP contribution in [0.3, 0.4) is 0 Å². The molecule has 1 aliphatic heterocycles. The summed E-state index contributed by atoms with van der Waals surface area (Å²) >= 11 is 6.04. The Labute approximate surface area is 172 Å². The Balaban J connectivity index is 1.58. The Hall–Kier alpha value is -2.47. The summed E-state index contributed by atoms with van der Waals surface area (Å²) in [4.78, 5) is 11.5. The minimum absolute atomic E-state index is 0.393. The van der Waals surface area contributed by atoms with Crippen LogP contribution in [0, 0.1) is 0 Å². The molecule has 1 fully saturated rings. The van der Waals surface area contributed by atoms with Crippen LogP contribution in [0.2, 0.25) is 5.02 Å². The fraction of sp³-hybridized carbons (Fsp3) is 0.429. The molecule has 0 amide bonds. The van der Waals surface area contributed by atoms with Crippen LogP contribution < -0.4 is 20.3 Å². The zero-order chi connectivity index (χ0) is 19.8. The number of aromatic nitrogens is 1. The minimum Gasteiger partial charge on any atom is -0.496 e. The Kier molecular flexibility index (Phi) is 7.37. The van der Waals surface area contributed by atoms with Gasteiger partial charge >= 0.3 is 0 Å². The van der Waals surface area contributed by atoms with Crippen molar-refractivity contribution in [3.63, 3.8) is 0 Å². The molecule has 3 rings (SSSR count). The van der Waals surface area contributed by atoms with Crippen LogP contribution in [-0.2, 0) is 6.54 Å². The molecule has 0 spiro atoms. The Bertz CT molecular complexity index is 776. The minimum atomic E-state index is 0.393. The van der Waals surface area contributed by atoms with Crippen molar-refractivity contribution in [2.24, 2.45) is 4.99 Å². The van der Waals surface area contributed by atoms with Gasteiger partial charge in [0, 0.05) is 42.5 Å². The normalized spacial score (nSPS) is 15.4. The van der Waals surface area contributed by atoms with E-state index in [2.05, 4.69) is 33.5 Å². The zero-order valence-electron chi connectivity index (χ0n) is 16.5. The number of pyridine rings is 1. The number of benzene rings is 1. The van der Waals surface area contributed by atoms with E-state index in [4.69, 9.17) is 21.3 Å². The number of hydrogen-bond acceptors (Lipinski definition) is 4. The third-order valence-electron chi connectivity index (χ3n) is 4.81. The van der Waals surface area contributed by atoms with Gasteiger partial charge in [-0.2, -0.15) is 0 Å². The standard InChI is InChI=1S/C21H28ClN5O/c1-3-23-21(25-15-16-7-8-17(22)14-19(16)28-2)26-18-9-12-27(13-10-18)20-6-4-5-11-24-20/h4-8,11,14,18H,3,9-10,12-13,15H2,1-2H3,(H2,23,25,26). The van der Waals surface area contributed by atoms with Gasteiger partial charge in [0.25, 0.3) is 0 Å². The van der Waals surface area contributed by atoms with Crippen LogP contribution in [0.4, 0.5) is 5.82 Å². The predicted molar refractivity (Wildman–Crippen MR) is 115 cm³/mol. The smallest absolute Gasteiger partial charge is 0.191 e. The summed E-state index contributed by atoms with van der Waals surface area (Å²) in [6.45, 7) is 5.39. The molecule has 1 saturated heterocycles. The highest BCUT2D eigenvalue weighted by molar-refractivity contribution is 6.30. The van der Waals surface area contributed by atoms with Gasteiger partial charge in [0.15, 0.2) is 5.96 Å². The highest BCUT2D eigenvalue weighted by atomic mass is 35.5. The molecule has 28 heavy (non-hydrogen) atoms. The second-order valence-corrected chi connectivity index (χ2v) is 7.18. The quantitative estimate of drug-likeness (QED) is 0.573. The summed E-state index contributed by atoms with van der Waals surface area (Å²) in [5.41, 5.74) is 1.01. The van der Waals surface area contributed by atoms with Crippen LogP contribution in [0.5, 0.6) is 5.75 Å². The van der Waals surface area contributed by atoms with E-state index >= 15 is 0 Å². The van der Waals surface area contributed by atoms with E-state index in [1.54, 1.807) is 7.11 Å². The summed E-state index contributed by atoms with van der Waals surface area (Å²) in [6, 6.07) is 12.1. The molecular weight excluding hydrogens is 374 g/mol. The summed E-state index contributed by atoms with van der Waals surface area (Å²) in [6.07, 6.45) is 3.94. The Morgan fingerprint density at radius 1 is 1.29 bits per heavy atom. The molecule has 0 bridgehead atoms. The number of anilines is 1. The van der Waals surface area contributed by atoms with Crippen LogP contribution >= 0.6 is 11.6 Å². The fourth-order valence-electron chi connectivity index (χ4n) is 3.32. The summed E-state index contributed by atoms with van der Waals surface area (Å²) in [5.74, 6) is 2.64. The number of nitrogens with one attached hydrogen (secondary N) is 2. The first-order valence-electron chi connectivity index (χ1n) is 9.73. The van der Waals surface area contributed by atoms with Gasteiger partial charge in [-0.05, 0) is 44.0 Å². The van der Waals surface area contributed by atoms with E-state index in [9.17, 15) is 0 Å². The fourth-order valence-corrected chi connectivity index (χ4v) is 3.48. The molecule has 0 aliphatic carbocycles. The number of nitrogens with zero attached hydrogens (tertiary/aromatic N) is 3. The molecule has 0 radical (unpaired) electrons. The van der Waals surface area contributed by atoms with Crippen molar-refractivity contribution in [3.05, 3.63) is 53.2 Å². The second-order valence-electron chi connectivity index (χ2n) is 6.74. The predicted octanol–water partition coefficient (Wildman–Crippen LogP) is 3.47. The first-order valence-corrected chi connectivity index (χ1v) is 10.1. The molecule has 0 unspecified atom stereocenters. The van der Waals surface area contributed by atoms with Crippen LogP contribution in [0.15, 0.2) is 47.6 Å². The zero-order valence-corrected chi connectivity index (χ0v) is 17.2. The largest absolute Gasteiger partial charge is 0.496 e. The molecule has 6 nitrogen and oxygen atoms in total. The summed E-state index contributed by atoms with van der Waals surface area (Å²) in [5, 5.41) is 7.57. The van der Waals surface area contributed by atoms with Crippen molar-refractivity contribution in [1.82, 2.24) is 15.6 Å². The van der Waals surface area contributed by atoms with E-state index in [-0.39, 0.29) is 0 Å². The number of ether oxygens (including phenoxy) is 1.